The van der Waals surface area contributed by atoms with Gasteiger partial charge in [0.2, 0.25) is 0 Å². The van der Waals surface area contributed by atoms with Gasteiger partial charge in [-0.05, 0) is 26.1 Å². The second kappa shape index (κ2) is 5.12. The van der Waals surface area contributed by atoms with Gasteiger partial charge in [-0.25, -0.2) is 4.99 Å². The number of rotatable bonds is 2. The summed E-state index contributed by atoms with van der Waals surface area (Å²) in [5.74, 6) is 0. The Bertz CT molecular complexity index is 348. The number of hydrogen-bond donors (Lipinski definition) is 0. The standard InChI is InChI=1S/C13H19N3/c1-12-3-5-13(6-4-12)14-11-16-9-7-15(2)8-10-16/h3-6,11H,7-10H2,1-2H3. The first kappa shape index (κ1) is 11.1. The van der Waals surface area contributed by atoms with Crippen molar-refractivity contribution >= 4 is 12.0 Å². The lowest BCUT2D eigenvalue weighted by molar-refractivity contribution is 0.219. The van der Waals surface area contributed by atoms with Gasteiger partial charge < -0.3 is 9.80 Å². The second-order valence-corrected chi connectivity index (χ2v) is 4.42. The highest BCUT2D eigenvalue weighted by atomic mass is 15.3. The molecular formula is C13H19N3. The molecule has 3 nitrogen and oxygen atoms in total. The number of hydrogen-bond acceptors (Lipinski definition) is 2. The van der Waals surface area contributed by atoms with Crippen LogP contribution in [0.1, 0.15) is 5.56 Å². The van der Waals surface area contributed by atoms with Gasteiger partial charge in [-0.1, -0.05) is 17.7 Å². The minimum Gasteiger partial charge on any atom is -0.360 e. The quantitative estimate of drug-likeness (QED) is 0.556. The summed E-state index contributed by atoms with van der Waals surface area (Å²) in [6.45, 7) is 6.49. The largest absolute Gasteiger partial charge is 0.360 e. The molecule has 16 heavy (non-hydrogen) atoms. The van der Waals surface area contributed by atoms with Crippen molar-refractivity contribution in [2.24, 2.45) is 4.99 Å². The van der Waals surface area contributed by atoms with E-state index in [0.29, 0.717) is 0 Å². The van der Waals surface area contributed by atoms with Crippen LogP contribution >= 0.6 is 0 Å². The number of piperazine rings is 1. The van der Waals surface area contributed by atoms with Crippen molar-refractivity contribution in [3.8, 4) is 0 Å². The van der Waals surface area contributed by atoms with Crippen molar-refractivity contribution in [1.82, 2.24) is 9.80 Å². The molecular weight excluding hydrogens is 198 g/mol. The maximum atomic E-state index is 4.48. The molecule has 0 atom stereocenters. The highest BCUT2D eigenvalue weighted by Crippen LogP contribution is 2.12. The van der Waals surface area contributed by atoms with Crippen molar-refractivity contribution in [3.05, 3.63) is 29.8 Å². The molecule has 86 valence electrons. The molecule has 0 amide bonds. The number of aryl methyl sites for hydroxylation is 1. The zero-order chi connectivity index (χ0) is 11.4. The maximum Gasteiger partial charge on any atom is 0.0913 e. The average molecular weight is 217 g/mol. The lowest BCUT2D eigenvalue weighted by Crippen LogP contribution is -2.43. The molecule has 0 aliphatic carbocycles. The zero-order valence-electron chi connectivity index (χ0n) is 10.1. The second-order valence-electron chi connectivity index (χ2n) is 4.42. The summed E-state index contributed by atoms with van der Waals surface area (Å²) >= 11 is 0. The molecule has 0 radical (unpaired) electrons. The molecule has 1 aliphatic heterocycles. The van der Waals surface area contributed by atoms with Crippen LogP contribution in [0.15, 0.2) is 29.3 Å². The number of aliphatic imine (C=N–C) groups is 1. The van der Waals surface area contributed by atoms with Crippen molar-refractivity contribution in [2.45, 2.75) is 6.92 Å². The van der Waals surface area contributed by atoms with Crippen LogP contribution in [0, 0.1) is 6.92 Å². The number of nitrogens with zero attached hydrogens (tertiary/aromatic N) is 3. The van der Waals surface area contributed by atoms with Gasteiger partial charge in [-0.2, -0.15) is 0 Å². The van der Waals surface area contributed by atoms with Crippen LogP contribution in [0.3, 0.4) is 0 Å². The molecule has 1 aliphatic rings. The van der Waals surface area contributed by atoms with E-state index in [1.165, 1.54) is 5.56 Å². The summed E-state index contributed by atoms with van der Waals surface area (Å²) in [6, 6.07) is 8.30. The van der Waals surface area contributed by atoms with E-state index >= 15 is 0 Å². The topological polar surface area (TPSA) is 18.8 Å². The van der Waals surface area contributed by atoms with E-state index in [-0.39, 0.29) is 0 Å². The minimum atomic E-state index is 1.03. The summed E-state index contributed by atoms with van der Waals surface area (Å²) < 4.78 is 0. The van der Waals surface area contributed by atoms with E-state index in [9.17, 15) is 0 Å². The van der Waals surface area contributed by atoms with Gasteiger partial charge in [-0.3, -0.25) is 0 Å². The van der Waals surface area contributed by atoms with E-state index in [1.54, 1.807) is 0 Å². The monoisotopic (exact) mass is 217 g/mol. The molecule has 0 aromatic heterocycles. The highest BCUT2D eigenvalue weighted by molar-refractivity contribution is 5.61. The van der Waals surface area contributed by atoms with Gasteiger partial charge in [0.05, 0.1) is 12.0 Å². The van der Waals surface area contributed by atoms with Crippen LogP contribution in [0.2, 0.25) is 0 Å². The maximum absolute atomic E-state index is 4.48. The van der Waals surface area contributed by atoms with E-state index in [4.69, 9.17) is 0 Å². The Labute approximate surface area is 97.4 Å². The predicted molar refractivity (Wildman–Crippen MR) is 68.4 cm³/mol. The number of likely N-dealkylation sites (N-methyl/N-ethyl adjacent to an activating group) is 1. The Morgan fingerprint density at radius 2 is 1.69 bits per heavy atom. The lowest BCUT2D eigenvalue weighted by Gasteiger charge is -2.30. The Morgan fingerprint density at radius 1 is 1.06 bits per heavy atom. The Balaban J connectivity index is 1.91. The Morgan fingerprint density at radius 3 is 2.31 bits per heavy atom. The predicted octanol–water partition coefficient (Wildman–Crippen LogP) is 1.90. The van der Waals surface area contributed by atoms with Gasteiger partial charge in [0.1, 0.15) is 0 Å². The van der Waals surface area contributed by atoms with Crippen molar-refractivity contribution in [2.75, 3.05) is 33.2 Å². The van der Waals surface area contributed by atoms with Gasteiger partial charge in [0, 0.05) is 26.2 Å². The first-order chi connectivity index (χ1) is 7.74. The Hall–Kier alpha value is -1.35. The first-order valence-electron chi connectivity index (χ1n) is 5.77. The zero-order valence-corrected chi connectivity index (χ0v) is 10.1. The smallest absolute Gasteiger partial charge is 0.0913 e. The molecule has 2 rings (SSSR count). The average Bonchev–Trinajstić information content (AvgIpc) is 2.30. The molecule has 0 bridgehead atoms. The fourth-order valence-electron chi connectivity index (χ4n) is 1.72. The molecule has 0 spiro atoms. The molecule has 0 unspecified atom stereocenters. The van der Waals surface area contributed by atoms with Gasteiger partial charge in [0.25, 0.3) is 0 Å². The highest BCUT2D eigenvalue weighted by Gasteiger charge is 2.09. The molecule has 0 N–H and O–H groups in total. The van der Waals surface area contributed by atoms with Gasteiger partial charge in [-0.15, -0.1) is 0 Å². The lowest BCUT2D eigenvalue weighted by atomic mass is 10.2. The van der Waals surface area contributed by atoms with Crippen molar-refractivity contribution in [3.63, 3.8) is 0 Å². The van der Waals surface area contributed by atoms with Crippen molar-refractivity contribution < 1.29 is 0 Å². The molecule has 1 heterocycles. The summed E-state index contributed by atoms with van der Waals surface area (Å²) in [5.41, 5.74) is 2.31. The van der Waals surface area contributed by atoms with Crippen LogP contribution in [0.5, 0.6) is 0 Å². The van der Waals surface area contributed by atoms with E-state index in [2.05, 4.69) is 53.0 Å². The third kappa shape index (κ3) is 3.07. The first-order valence-corrected chi connectivity index (χ1v) is 5.77. The van der Waals surface area contributed by atoms with Crippen LogP contribution in [-0.2, 0) is 0 Å². The van der Waals surface area contributed by atoms with E-state index < -0.39 is 0 Å². The summed E-state index contributed by atoms with van der Waals surface area (Å²) in [6.07, 6.45) is 1.97. The summed E-state index contributed by atoms with van der Waals surface area (Å²) in [7, 11) is 2.16. The molecule has 0 saturated carbocycles. The fourth-order valence-corrected chi connectivity index (χ4v) is 1.72. The van der Waals surface area contributed by atoms with Gasteiger partial charge >= 0.3 is 0 Å². The molecule has 1 aromatic carbocycles. The van der Waals surface area contributed by atoms with Crippen LogP contribution in [0.4, 0.5) is 5.69 Å². The molecule has 1 saturated heterocycles. The summed E-state index contributed by atoms with van der Waals surface area (Å²) in [5, 5.41) is 0. The van der Waals surface area contributed by atoms with E-state index in [1.807, 2.05) is 6.34 Å². The van der Waals surface area contributed by atoms with Crippen LogP contribution in [0.25, 0.3) is 0 Å². The van der Waals surface area contributed by atoms with Gasteiger partial charge in [0.15, 0.2) is 0 Å². The molecule has 1 aromatic rings. The minimum absolute atomic E-state index is 1.03. The fraction of sp³-hybridized carbons (Fsp3) is 0.462. The van der Waals surface area contributed by atoms with Crippen LogP contribution in [-0.4, -0.2) is 49.4 Å². The van der Waals surface area contributed by atoms with E-state index in [0.717, 1.165) is 31.9 Å². The normalized spacial score (nSPS) is 18.2. The van der Waals surface area contributed by atoms with Crippen molar-refractivity contribution in [1.29, 1.82) is 0 Å². The molecule has 1 fully saturated rings. The molecule has 3 heteroatoms. The van der Waals surface area contributed by atoms with Crippen LogP contribution < -0.4 is 0 Å². The third-order valence-corrected chi connectivity index (χ3v) is 2.94. The SMILES string of the molecule is Cc1ccc(N=CN2CCN(C)CC2)cc1. The number of benzene rings is 1. The Kier molecular flexibility index (Phi) is 3.57. The third-order valence-electron chi connectivity index (χ3n) is 2.94. The summed E-state index contributed by atoms with van der Waals surface area (Å²) in [4.78, 5) is 9.10.